The molecule has 0 fully saturated rings. The molecule has 0 radical (unpaired) electrons. The van der Waals surface area contributed by atoms with Crippen LogP contribution in [0.15, 0.2) is 6.07 Å². The van der Waals surface area contributed by atoms with E-state index in [-0.39, 0.29) is 6.42 Å². The molecule has 1 aromatic rings. The number of hydrogen-bond donors (Lipinski definition) is 2. The number of carboxylic acids is 1. The van der Waals surface area contributed by atoms with E-state index in [4.69, 9.17) is 21.8 Å². The number of aromatic hydroxyl groups is 1. The lowest BCUT2D eigenvalue weighted by Crippen LogP contribution is -2.14. The Morgan fingerprint density at radius 1 is 1.56 bits per heavy atom. The molecule has 0 aliphatic heterocycles. The van der Waals surface area contributed by atoms with Crippen LogP contribution in [0.25, 0.3) is 0 Å². The van der Waals surface area contributed by atoms with Crippen LogP contribution in [-0.4, -0.2) is 16.2 Å². The number of aliphatic carboxylic acids is 1. The molecule has 0 aromatic heterocycles. The Labute approximate surface area is 95.3 Å². The molecule has 1 rings (SSSR count). The molecular weight excluding hydrogens is 242 g/mol. The fraction of sp³-hybridized carbons (Fsp3) is 0.300. The number of carbonyl (C=O) groups is 1. The number of carboxylic acid groups (broad SMARTS) is 1. The van der Waals surface area contributed by atoms with Gasteiger partial charge in [0.2, 0.25) is 0 Å². The molecule has 1 atom stereocenters. The second-order valence-electron chi connectivity index (χ2n) is 3.43. The van der Waals surface area contributed by atoms with E-state index >= 15 is 0 Å². The van der Waals surface area contributed by atoms with Crippen molar-refractivity contribution in [2.75, 3.05) is 0 Å². The van der Waals surface area contributed by atoms with Gasteiger partial charge in [0.25, 0.3) is 0 Å². The Morgan fingerprint density at radius 2 is 2.12 bits per heavy atom. The lowest BCUT2D eigenvalue weighted by molar-refractivity contribution is -0.141. The number of phenols is 1. The number of halogens is 3. The molecule has 2 N–H and O–H groups in total. The van der Waals surface area contributed by atoms with Gasteiger partial charge in [-0.1, -0.05) is 18.5 Å². The third-order valence-corrected chi connectivity index (χ3v) is 2.53. The molecule has 0 bridgehead atoms. The minimum Gasteiger partial charge on any atom is -0.506 e. The van der Waals surface area contributed by atoms with Gasteiger partial charge < -0.3 is 10.2 Å². The van der Waals surface area contributed by atoms with Gasteiger partial charge in [-0.15, -0.1) is 0 Å². The van der Waals surface area contributed by atoms with E-state index in [0.717, 1.165) is 0 Å². The van der Waals surface area contributed by atoms with Crippen molar-refractivity contribution < 1.29 is 23.8 Å². The fourth-order valence-corrected chi connectivity index (χ4v) is 1.37. The van der Waals surface area contributed by atoms with Gasteiger partial charge >= 0.3 is 5.97 Å². The third kappa shape index (κ3) is 2.41. The Morgan fingerprint density at radius 3 is 2.62 bits per heavy atom. The highest BCUT2D eigenvalue weighted by molar-refractivity contribution is 6.32. The van der Waals surface area contributed by atoms with Gasteiger partial charge in [0.05, 0.1) is 5.92 Å². The molecule has 88 valence electrons. The van der Waals surface area contributed by atoms with Gasteiger partial charge in [-0.05, 0) is 6.42 Å². The summed E-state index contributed by atoms with van der Waals surface area (Å²) >= 11 is 5.38. The van der Waals surface area contributed by atoms with Crippen molar-refractivity contribution in [3.63, 3.8) is 0 Å². The Kier molecular flexibility index (Phi) is 3.70. The van der Waals surface area contributed by atoms with Gasteiger partial charge in [0, 0.05) is 11.6 Å². The first-order valence-corrected chi connectivity index (χ1v) is 4.80. The summed E-state index contributed by atoms with van der Waals surface area (Å²) in [6, 6.07) is 0.662. The van der Waals surface area contributed by atoms with Crippen LogP contribution in [0.4, 0.5) is 8.78 Å². The second-order valence-corrected chi connectivity index (χ2v) is 3.81. The zero-order valence-corrected chi connectivity index (χ0v) is 9.05. The summed E-state index contributed by atoms with van der Waals surface area (Å²) < 4.78 is 26.7. The average Bonchev–Trinajstić information content (AvgIpc) is 2.20. The van der Waals surface area contributed by atoms with Crippen molar-refractivity contribution in [1.29, 1.82) is 0 Å². The summed E-state index contributed by atoms with van der Waals surface area (Å²) in [5.74, 6) is -4.93. The molecule has 1 aromatic carbocycles. The zero-order valence-electron chi connectivity index (χ0n) is 8.30. The van der Waals surface area contributed by atoms with E-state index in [1.54, 1.807) is 0 Å². The van der Waals surface area contributed by atoms with Gasteiger partial charge in [0.15, 0.2) is 5.82 Å². The summed E-state index contributed by atoms with van der Waals surface area (Å²) in [6.45, 7) is 1.32. The van der Waals surface area contributed by atoms with E-state index < -0.39 is 39.9 Å². The van der Waals surface area contributed by atoms with Crippen LogP contribution < -0.4 is 0 Å². The van der Waals surface area contributed by atoms with Gasteiger partial charge in [-0.3, -0.25) is 4.79 Å². The topological polar surface area (TPSA) is 57.5 Å². The van der Waals surface area contributed by atoms with Crippen LogP contribution in [0, 0.1) is 17.6 Å². The molecule has 6 heteroatoms. The van der Waals surface area contributed by atoms with E-state index in [1.807, 2.05) is 0 Å². The summed E-state index contributed by atoms with van der Waals surface area (Å²) in [5.41, 5.74) is -0.433. The molecule has 0 amide bonds. The average molecular weight is 251 g/mol. The van der Waals surface area contributed by atoms with Crippen LogP contribution in [0.1, 0.15) is 12.5 Å². The lowest BCUT2D eigenvalue weighted by atomic mass is 10.00. The van der Waals surface area contributed by atoms with E-state index in [2.05, 4.69) is 0 Å². The molecule has 16 heavy (non-hydrogen) atoms. The minimum absolute atomic E-state index is 0.326. The number of rotatable bonds is 3. The van der Waals surface area contributed by atoms with Crippen LogP contribution in [0.3, 0.4) is 0 Å². The molecule has 0 aliphatic rings. The van der Waals surface area contributed by atoms with Crippen LogP contribution >= 0.6 is 11.6 Å². The standard InChI is InChI=1S/C10H9ClF2O3/c1-4(10(15)16)2-5-6(12)3-7(14)8(11)9(5)13/h3-4,14H,2H2,1H3,(H,15,16). The summed E-state index contributed by atoms with van der Waals surface area (Å²) in [6.07, 6.45) is -0.326. The third-order valence-electron chi connectivity index (χ3n) is 2.17. The minimum atomic E-state index is -1.16. The summed E-state index contributed by atoms with van der Waals surface area (Å²) in [4.78, 5) is 10.6. The van der Waals surface area contributed by atoms with Crippen molar-refractivity contribution in [2.24, 2.45) is 5.92 Å². The molecule has 0 spiro atoms. The Bertz CT molecular complexity index is 435. The smallest absolute Gasteiger partial charge is 0.306 e. The zero-order chi connectivity index (χ0) is 12.5. The second kappa shape index (κ2) is 4.65. The van der Waals surface area contributed by atoms with E-state index in [0.29, 0.717) is 6.07 Å². The van der Waals surface area contributed by atoms with Crippen LogP contribution in [0.2, 0.25) is 5.02 Å². The number of phenolic OH excluding ortho intramolecular Hbond substituents is 1. The molecule has 0 aliphatic carbocycles. The Balaban J connectivity index is 3.14. The Hall–Kier alpha value is -1.36. The first-order valence-electron chi connectivity index (χ1n) is 4.42. The molecule has 1 unspecified atom stereocenters. The van der Waals surface area contributed by atoms with Crippen molar-refractivity contribution in [3.8, 4) is 5.75 Å². The number of benzene rings is 1. The van der Waals surface area contributed by atoms with Crippen molar-refractivity contribution in [1.82, 2.24) is 0 Å². The highest BCUT2D eigenvalue weighted by Crippen LogP contribution is 2.31. The predicted octanol–water partition coefficient (Wildman–Crippen LogP) is 2.59. The molecule has 3 nitrogen and oxygen atoms in total. The summed E-state index contributed by atoms with van der Waals surface area (Å²) in [5, 5.41) is 17.0. The lowest BCUT2D eigenvalue weighted by Gasteiger charge is -2.10. The van der Waals surface area contributed by atoms with Crippen molar-refractivity contribution in [3.05, 3.63) is 28.3 Å². The van der Waals surface area contributed by atoms with Crippen molar-refractivity contribution >= 4 is 17.6 Å². The normalized spacial score (nSPS) is 12.5. The van der Waals surface area contributed by atoms with Gasteiger partial charge in [-0.2, -0.15) is 0 Å². The fourth-order valence-electron chi connectivity index (χ4n) is 1.20. The van der Waals surface area contributed by atoms with Gasteiger partial charge in [0.1, 0.15) is 16.6 Å². The molecule has 0 saturated heterocycles. The van der Waals surface area contributed by atoms with Crippen molar-refractivity contribution in [2.45, 2.75) is 13.3 Å². The first-order chi connectivity index (χ1) is 7.34. The van der Waals surface area contributed by atoms with Gasteiger partial charge in [-0.25, -0.2) is 8.78 Å². The maximum Gasteiger partial charge on any atom is 0.306 e. The molecular formula is C10H9ClF2O3. The van der Waals surface area contributed by atoms with E-state index in [1.165, 1.54) is 6.92 Å². The first kappa shape index (κ1) is 12.7. The summed E-state index contributed by atoms with van der Waals surface area (Å²) in [7, 11) is 0. The maximum absolute atomic E-state index is 13.4. The number of hydrogen-bond acceptors (Lipinski definition) is 2. The quantitative estimate of drug-likeness (QED) is 0.811. The molecule has 0 saturated carbocycles. The molecule has 0 heterocycles. The largest absolute Gasteiger partial charge is 0.506 e. The SMILES string of the molecule is CC(Cc1c(F)cc(O)c(Cl)c1F)C(=O)O. The van der Waals surface area contributed by atoms with E-state index in [9.17, 15) is 13.6 Å². The monoisotopic (exact) mass is 250 g/mol. The predicted molar refractivity (Wildman–Crippen MR) is 53.5 cm³/mol. The highest BCUT2D eigenvalue weighted by Gasteiger charge is 2.21. The van der Waals surface area contributed by atoms with Crippen LogP contribution in [0.5, 0.6) is 5.75 Å². The van der Waals surface area contributed by atoms with Crippen LogP contribution in [-0.2, 0) is 11.2 Å². The maximum atomic E-state index is 13.4. The highest BCUT2D eigenvalue weighted by atomic mass is 35.5.